The first-order valence-corrected chi connectivity index (χ1v) is 3.61. The van der Waals surface area contributed by atoms with Crippen LogP contribution < -0.4 is 0 Å². The SMILES string of the molecule is C1COC(CC2CC2)=N1. The van der Waals surface area contributed by atoms with Crippen molar-refractivity contribution in [2.75, 3.05) is 13.2 Å². The second-order valence-electron chi connectivity index (χ2n) is 2.77. The molecule has 0 aromatic heterocycles. The number of ether oxygens (including phenoxy) is 1. The first-order chi connectivity index (χ1) is 4.45. The molecule has 0 bridgehead atoms. The molecule has 0 unspecified atom stereocenters. The average molecular weight is 125 g/mol. The molecule has 2 rings (SSSR count). The van der Waals surface area contributed by atoms with Crippen LogP contribution in [0.15, 0.2) is 4.99 Å². The van der Waals surface area contributed by atoms with Crippen molar-refractivity contribution in [2.24, 2.45) is 10.9 Å². The van der Waals surface area contributed by atoms with Crippen molar-refractivity contribution in [3.8, 4) is 0 Å². The summed E-state index contributed by atoms with van der Waals surface area (Å²) in [6.07, 6.45) is 3.89. The molecule has 0 aromatic carbocycles. The monoisotopic (exact) mass is 125 g/mol. The van der Waals surface area contributed by atoms with Gasteiger partial charge in [-0.05, 0) is 18.8 Å². The molecule has 1 aliphatic carbocycles. The van der Waals surface area contributed by atoms with Crippen LogP contribution in [0, 0.1) is 5.92 Å². The van der Waals surface area contributed by atoms with E-state index in [2.05, 4.69) is 4.99 Å². The van der Waals surface area contributed by atoms with E-state index in [1.165, 1.54) is 12.8 Å². The maximum atomic E-state index is 5.25. The summed E-state index contributed by atoms with van der Waals surface area (Å²) in [7, 11) is 0. The zero-order valence-electron chi connectivity index (χ0n) is 5.47. The molecule has 2 aliphatic rings. The highest BCUT2D eigenvalue weighted by atomic mass is 16.5. The number of aliphatic imine (C=N–C) groups is 1. The smallest absolute Gasteiger partial charge is 0.183 e. The summed E-state index contributed by atoms with van der Waals surface area (Å²) in [5, 5.41) is 0. The Morgan fingerprint density at radius 1 is 1.56 bits per heavy atom. The van der Waals surface area contributed by atoms with Crippen molar-refractivity contribution in [2.45, 2.75) is 19.3 Å². The summed E-state index contributed by atoms with van der Waals surface area (Å²) in [6.45, 7) is 1.71. The molecule has 1 saturated carbocycles. The van der Waals surface area contributed by atoms with Crippen LogP contribution in [0.3, 0.4) is 0 Å². The molecule has 2 heteroatoms. The zero-order chi connectivity index (χ0) is 6.10. The minimum Gasteiger partial charge on any atom is -0.479 e. The quantitative estimate of drug-likeness (QED) is 0.543. The Balaban J connectivity index is 1.82. The molecule has 50 valence electrons. The van der Waals surface area contributed by atoms with Crippen LogP contribution in [-0.2, 0) is 4.74 Å². The third kappa shape index (κ3) is 1.23. The van der Waals surface area contributed by atoms with Crippen LogP contribution in [0.4, 0.5) is 0 Å². The van der Waals surface area contributed by atoms with Gasteiger partial charge < -0.3 is 4.74 Å². The predicted molar refractivity (Wildman–Crippen MR) is 35.6 cm³/mol. The van der Waals surface area contributed by atoms with Gasteiger partial charge in [-0.3, -0.25) is 4.99 Å². The molecular formula is C7H11NO. The lowest BCUT2D eigenvalue weighted by Crippen LogP contribution is -1.98. The highest BCUT2D eigenvalue weighted by Crippen LogP contribution is 2.33. The third-order valence-corrected chi connectivity index (χ3v) is 1.81. The summed E-state index contributed by atoms with van der Waals surface area (Å²) in [6, 6.07) is 0. The zero-order valence-corrected chi connectivity index (χ0v) is 5.47. The highest BCUT2D eigenvalue weighted by molar-refractivity contribution is 5.77. The standard InChI is InChI=1S/C7H11NO/c1-2-6(1)5-7-8-3-4-9-7/h6H,1-5H2. The second-order valence-corrected chi connectivity index (χ2v) is 2.77. The van der Waals surface area contributed by atoms with Gasteiger partial charge in [-0.2, -0.15) is 0 Å². The number of hydrogen-bond acceptors (Lipinski definition) is 2. The van der Waals surface area contributed by atoms with E-state index in [0.29, 0.717) is 0 Å². The molecule has 1 aliphatic heterocycles. The largest absolute Gasteiger partial charge is 0.479 e. The van der Waals surface area contributed by atoms with E-state index in [1.54, 1.807) is 0 Å². The average Bonchev–Trinajstić information content (AvgIpc) is 2.46. The van der Waals surface area contributed by atoms with E-state index in [-0.39, 0.29) is 0 Å². The van der Waals surface area contributed by atoms with Crippen LogP contribution in [0.25, 0.3) is 0 Å². The molecule has 0 N–H and O–H groups in total. The number of hydrogen-bond donors (Lipinski definition) is 0. The molecule has 2 nitrogen and oxygen atoms in total. The number of nitrogens with zero attached hydrogens (tertiary/aromatic N) is 1. The summed E-state index contributed by atoms with van der Waals surface area (Å²) in [5.41, 5.74) is 0. The lowest BCUT2D eigenvalue weighted by molar-refractivity contribution is 0.336. The molecule has 1 fully saturated rings. The first kappa shape index (κ1) is 5.27. The van der Waals surface area contributed by atoms with E-state index < -0.39 is 0 Å². The summed E-state index contributed by atoms with van der Waals surface area (Å²) in [4.78, 5) is 4.21. The van der Waals surface area contributed by atoms with E-state index in [4.69, 9.17) is 4.74 Å². The van der Waals surface area contributed by atoms with E-state index in [1.807, 2.05) is 0 Å². The van der Waals surface area contributed by atoms with Crippen molar-refractivity contribution >= 4 is 5.90 Å². The van der Waals surface area contributed by atoms with Gasteiger partial charge in [0.05, 0.1) is 6.54 Å². The van der Waals surface area contributed by atoms with Gasteiger partial charge in [0.15, 0.2) is 5.90 Å². The van der Waals surface area contributed by atoms with Gasteiger partial charge in [0.2, 0.25) is 0 Å². The topological polar surface area (TPSA) is 21.6 Å². The van der Waals surface area contributed by atoms with Gasteiger partial charge in [0.25, 0.3) is 0 Å². The Kier molecular flexibility index (Phi) is 1.18. The van der Waals surface area contributed by atoms with Crippen LogP contribution in [-0.4, -0.2) is 19.0 Å². The minimum atomic E-state index is 0.821. The fraction of sp³-hybridized carbons (Fsp3) is 0.857. The van der Waals surface area contributed by atoms with E-state index in [9.17, 15) is 0 Å². The van der Waals surface area contributed by atoms with Crippen LogP contribution in [0.1, 0.15) is 19.3 Å². The minimum absolute atomic E-state index is 0.821. The second kappa shape index (κ2) is 2.01. The van der Waals surface area contributed by atoms with Crippen LogP contribution in [0.2, 0.25) is 0 Å². The fourth-order valence-electron chi connectivity index (χ4n) is 1.07. The fourth-order valence-corrected chi connectivity index (χ4v) is 1.07. The van der Waals surface area contributed by atoms with Gasteiger partial charge in [-0.25, -0.2) is 0 Å². The molecule has 0 amide bonds. The molecule has 9 heavy (non-hydrogen) atoms. The van der Waals surface area contributed by atoms with E-state index in [0.717, 1.165) is 31.4 Å². The lowest BCUT2D eigenvalue weighted by atomic mass is 10.3. The van der Waals surface area contributed by atoms with Crippen LogP contribution in [0.5, 0.6) is 0 Å². The van der Waals surface area contributed by atoms with Crippen molar-refractivity contribution in [1.82, 2.24) is 0 Å². The van der Waals surface area contributed by atoms with E-state index >= 15 is 0 Å². The van der Waals surface area contributed by atoms with Gasteiger partial charge in [0.1, 0.15) is 6.61 Å². The van der Waals surface area contributed by atoms with Gasteiger partial charge in [-0.15, -0.1) is 0 Å². The van der Waals surface area contributed by atoms with Gasteiger partial charge in [-0.1, -0.05) is 0 Å². The van der Waals surface area contributed by atoms with Crippen molar-refractivity contribution in [1.29, 1.82) is 0 Å². The predicted octanol–water partition coefficient (Wildman–Crippen LogP) is 1.22. The molecule has 0 spiro atoms. The van der Waals surface area contributed by atoms with Crippen molar-refractivity contribution in [3.05, 3.63) is 0 Å². The van der Waals surface area contributed by atoms with Crippen molar-refractivity contribution < 1.29 is 4.74 Å². The molecule has 0 radical (unpaired) electrons. The summed E-state index contributed by atoms with van der Waals surface area (Å²) < 4.78 is 5.25. The van der Waals surface area contributed by atoms with Gasteiger partial charge >= 0.3 is 0 Å². The Morgan fingerprint density at radius 2 is 2.44 bits per heavy atom. The maximum Gasteiger partial charge on any atom is 0.183 e. The number of rotatable bonds is 2. The third-order valence-electron chi connectivity index (χ3n) is 1.81. The molecule has 1 heterocycles. The Morgan fingerprint density at radius 3 is 3.00 bits per heavy atom. The molecule has 0 saturated heterocycles. The highest BCUT2D eigenvalue weighted by Gasteiger charge is 2.24. The molecular weight excluding hydrogens is 114 g/mol. The Bertz CT molecular complexity index is 138. The normalized spacial score (nSPS) is 25.6. The van der Waals surface area contributed by atoms with Crippen molar-refractivity contribution in [3.63, 3.8) is 0 Å². The van der Waals surface area contributed by atoms with Gasteiger partial charge in [0, 0.05) is 6.42 Å². The molecule has 0 atom stereocenters. The maximum absolute atomic E-state index is 5.25. The summed E-state index contributed by atoms with van der Waals surface area (Å²) in [5.74, 6) is 1.93. The first-order valence-electron chi connectivity index (χ1n) is 3.61. The lowest BCUT2D eigenvalue weighted by Gasteiger charge is -1.96. The Hall–Kier alpha value is -0.530. The van der Waals surface area contributed by atoms with Crippen LogP contribution >= 0.6 is 0 Å². The summed E-state index contributed by atoms with van der Waals surface area (Å²) >= 11 is 0. The molecule has 0 aromatic rings. The Labute approximate surface area is 54.9 Å².